The van der Waals surface area contributed by atoms with Crippen LogP contribution in [0.15, 0.2) is 23.1 Å². The predicted molar refractivity (Wildman–Crippen MR) is 73.6 cm³/mol. The van der Waals surface area contributed by atoms with E-state index < -0.39 is 15.8 Å². The maximum atomic E-state index is 13.9. The van der Waals surface area contributed by atoms with E-state index in [0.717, 1.165) is 6.42 Å². The number of sulfonamides is 1. The van der Waals surface area contributed by atoms with Crippen LogP contribution in [0, 0.1) is 11.7 Å². The van der Waals surface area contributed by atoms with Gasteiger partial charge in [-0.25, -0.2) is 17.1 Å². The van der Waals surface area contributed by atoms with Crippen molar-refractivity contribution >= 4 is 10.0 Å². The third-order valence-electron chi connectivity index (χ3n) is 3.19. The molecule has 0 saturated heterocycles. The first kappa shape index (κ1) is 16.1. The Bertz CT molecular complexity index is 531. The monoisotopic (exact) mass is 288 g/mol. The Kier molecular flexibility index (Phi) is 5.46. The van der Waals surface area contributed by atoms with Crippen LogP contribution in [0.25, 0.3) is 0 Å². The molecule has 1 aromatic rings. The molecule has 1 atom stereocenters. The topological polar surface area (TPSA) is 63.4 Å². The second kappa shape index (κ2) is 6.45. The van der Waals surface area contributed by atoms with E-state index in [2.05, 4.69) is 0 Å². The van der Waals surface area contributed by atoms with Crippen LogP contribution in [0.4, 0.5) is 4.39 Å². The van der Waals surface area contributed by atoms with Crippen LogP contribution in [0.3, 0.4) is 0 Å². The van der Waals surface area contributed by atoms with E-state index >= 15 is 0 Å². The minimum Gasteiger partial charge on any atom is -0.326 e. The van der Waals surface area contributed by atoms with Crippen molar-refractivity contribution in [2.75, 3.05) is 13.6 Å². The van der Waals surface area contributed by atoms with Crippen LogP contribution in [-0.4, -0.2) is 26.3 Å². The summed E-state index contributed by atoms with van der Waals surface area (Å²) in [5.41, 5.74) is 5.97. The highest BCUT2D eigenvalue weighted by Gasteiger charge is 2.25. The van der Waals surface area contributed by atoms with Gasteiger partial charge in [0.05, 0.1) is 0 Å². The maximum absolute atomic E-state index is 13.9. The molecular weight excluding hydrogens is 267 g/mol. The van der Waals surface area contributed by atoms with Crippen molar-refractivity contribution in [3.63, 3.8) is 0 Å². The van der Waals surface area contributed by atoms with Gasteiger partial charge in [0.15, 0.2) is 0 Å². The van der Waals surface area contributed by atoms with Gasteiger partial charge in [-0.2, -0.15) is 0 Å². The van der Waals surface area contributed by atoms with Gasteiger partial charge in [-0.3, -0.25) is 0 Å². The molecule has 6 heteroatoms. The lowest BCUT2D eigenvalue weighted by Gasteiger charge is -2.20. The van der Waals surface area contributed by atoms with Crippen molar-refractivity contribution in [2.45, 2.75) is 31.7 Å². The largest absolute Gasteiger partial charge is 0.326 e. The maximum Gasteiger partial charge on any atom is 0.245 e. The van der Waals surface area contributed by atoms with Gasteiger partial charge in [0, 0.05) is 20.1 Å². The quantitative estimate of drug-likeness (QED) is 0.870. The summed E-state index contributed by atoms with van der Waals surface area (Å²) < 4.78 is 39.6. The molecule has 4 nitrogen and oxygen atoms in total. The van der Waals surface area contributed by atoms with Gasteiger partial charge in [0.2, 0.25) is 10.0 Å². The zero-order valence-electron chi connectivity index (χ0n) is 11.6. The summed E-state index contributed by atoms with van der Waals surface area (Å²) in [6, 6.07) is 3.98. The number of nitrogens with zero attached hydrogens (tertiary/aromatic N) is 1. The van der Waals surface area contributed by atoms with E-state index in [1.807, 2.05) is 13.8 Å². The zero-order valence-corrected chi connectivity index (χ0v) is 12.4. The number of hydrogen-bond acceptors (Lipinski definition) is 3. The number of nitrogens with two attached hydrogens (primary N) is 1. The molecular formula is C13H21FN2O2S. The molecule has 0 spiro atoms. The van der Waals surface area contributed by atoms with Gasteiger partial charge < -0.3 is 5.73 Å². The standard InChI is InChI=1S/C13H21FN2O2S/c1-4-10(2)9-16(3)19(17,18)13-6-5-11(8-15)7-12(13)14/h5-7,10H,4,8-9,15H2,1-3H3. The van der Waals surface area contributed by atoms with E-state index in [0.29, 0.717) is 12.1 Å². The Morgan fingerprint density at radius 2 is 2.05 bits per heavy atom. The molecule has 0 radical (unpaired) electrons. The molecule has 0 aliphatic heterocycles. The summed E-state index contributed by atoms with van der Waals surface area (Å²) >= 11 is 0. The smallest absolute Gasteiger partial charge is 0.245 e. The number of benzene rings is 1. The van der Waals surface area contributed by atoms with E-state index in [4.69, 9.17) is 5.73 Å². The Hall–Kier alpha value is -0.980. The van der Waals surface area contributed by atoms with Crippen LogP contribution >= 0.6 is 0 Å². The number of hydrogen-bond donors (Lipinski definition) is 1. The molecule has 0 heterocycles. The molecule has 1 unspecified atom stereocenters. The highest BCUT2D eigenvalue weighted by molar-refractivity contribution is 7.89. The normalized spacial score (nSPS) is 13.8. The molecule has 0 saturated carbocycles. The molecule has 0 amide bonds. The lowest BCUT2D eigenvalue weighted by molar-refractivity contribution is 0.391. The lowest BCUT2D eigenvalue weighted by atomic mass is 10.1. The molecule has 2 N–H and O–H groups in total. The number of rotatable bonds is 6. The summed E-state index contributed by atoms with van der Waals surface area (Å²) in [6.07, 6.45) is 0.869. The summed E-state index contributed by atoms with van der Waals surface area (Å²) in [4.78, 5) is -0.296. The number of halogens is 1. The molecule has 0 aliphatic rings. The minimum atomic E-state index is -3.78. The molecule has 0 fully saturated rings. The fourth-order valence-corrected chi connectivity index (χ4v) is 3.05. The SMILES string of the molecule is CCC(C)CN(C)S(=O)(=O)c1ccc(CN)cc1F. The summed E-state index contributed by atoms with van der Waals surface area (Å²) in [6.45, 7) is 4.50. The van der Waals surface area contributed by atoms with E-state index in [9.17, 15) is 12.8 Å². The average molecular weight is 288 g/mol. The van der Waals surface area contributed by atoms with Crippen molar-refractivity contribution in [3.05, 3.63) is 29.6 Å². The zero-order chi connectivity index (χ0) is 14.6. The van der Waals surface area contributed by atoms with E-state index in [1.165, 1.54) is 29.6 Å². The summed E-state index contributed by atoms with van der Waals surface area (Å²) in [5, 5.41) is 0. The first-order valence-electron chi connectivity index (χ1n) is 6.27. The van der Waals surface area contributed by atoms with Crippen molar-refractivity contribution in [1.29, 1.82) is 0 Å². The van der Waals surface area contributed by atoms with E-state index in [1.54, 1.807) is 0 Å². The van der Waals surface area contributed by atoms with Crippen molar-refractivity contribution in [1.82, 2.24) is 4.31 Å². The second-order valence-electron chi connectivity index (χ2n) is 4.77. The van der Waals surface area contributed by atoms with Gasteiger partial charge in [0.25, 0.3) is 0 Å². The van der Waals surface area contributed by atoms with Crippen LogP contribution in [0.2, 0.25) is 0 Å². The highest BCUT2D eigenvalue weighted by atomic mass is 32.2. The average Bonchev–Trinajstić information content (AvgIpc) is 2.37. The Morgan fingerprint density at radius 3 is 2.53 bits per heavy atom. The van der Waals surface area contributed by atoms with Crippen molar-refractivity contribution in [3.8, 4) is 0 Å². The summed E-state index contributed by atoms with van der Waals surface area (Å²) in [5.74, 6) is -0.523. The van der Waals surface area contributed by atoms with Crippen LogP contribution in [0.1, 0.15) is 25.8 Å². The van der Waals surface area contributed by atoms with Gasteiger partial charge in [-0.15, -0.1) is 0 Å². The molecule has 0 aromatic heterocycles. The van der Waals surface area contributed by atoms with Gasteiger partial charge in [0.1, 0.15) is 10.7 Å². The third kappa shape index (κ3) is 3.75. The highest BCUT2D eigenvalue weighted by Crippen LogP contribution is 2.20. The molecule has 19 heavy (non-hydrogen) atoms. The predicted octanol–water partition coefficient (Wildman–Crippen LogP) is 1.95. The Morgan fingerprint density at radius 1 is 1.42 bits per heavy atom. The van der Waals surface area contributed by atoms with Crippen molar-refractivity contribution in [2.24, 2.45) is 11.7 Å². The van der Waals surface area contributed by atoms with E-state index in [-0.39, 0.29) is 17.4 Å². The lowest BCUT2D eigenvalue weighted by Crippen LogP contribution is -2.31. The first-order valence-corrected chi connectivity index (χ1v) is 7.71. The van der Waals surface area contributed by atoms with Gasteiger partial charge in [-0.1, -0.05) is 26.3 Å². The van der Waals surface area contributed by atoms with Crippen LogP contribution < -0.4 is 5.73 Å². The van der Waals surface area contributed by atoms with Gasteiger partial charge >= 0.3 is 0 Å². The summed E-state index contributed by atoms with van der Waals surface area (Å²) in [7, 11) is -2.31. The van der Waals surface area contributed by atoms with Crippen LogP contribution in [-0.2, 0) is 16.6 Å². The molecule has 0 bridgehead atoms. The Balaban J connectivity index is 3.06. The molecule has 1 aromatic carbocycles. The fourth-order valence-electron chi connectivity index (χ4n) is 1.71. The van der Waals surface area contributed by atoms with Gasteiger partial charge in [-0.05, 0) is 23.6 Å². The molecule has 108 valence electrons. The Labute approximate surface area is 114 Å². The van der Waals surface area contributed by atoms with Crippen molar-refractivity contribution < 1.29 is 12.8 Å². The first-order chi connectivity index (χ1) is 8.82. The van der Waals surface area contributed by atoms with Crippen LogP contribution in [0.5, 0.6) is 0 Å². The fraction of sp³-hybridized carbons (Fsp3) is 0.538. The minimum absolute atomic E-state index is 0.181. The third-order valence-corrected chi connectivity index (χ3v) is 5.04. The second-order valence-corrected chi connectivity index (χ2v) is 6.78. The molecule has 1 rings (SSSR count). The molecule has 0 aliphatic carbocycles.